The minimum atomic E-state index is 0. The van der Waals surface area contributed by atoms with Gasteiger partial charge in [-0.3, -0.25) is 4.99 Å². The molecule has 0 aromatic carbocycles. The highest BCUT2D eigenvalue weighted by molar-refractivity contribution is 6.13. The summed E-state index contributed by atoms with van der Waals surface area (Å²) >= 11 is 0. The van der Waals surface area contributed by atoms with Crippen LogP contribution in [0.25, 0.3) is 0 Å². The molecule has 0 aromatic heterocycles. The molecule has 0 amide bonds. The highest BCUT2D eigenvalue weighted by Crippen LogP contribution is 2.27. The first-order valence-corrected chi connectivity index (χ1v) is 6.01. The molecule has 0 bridgehead atoms. The van der Waals surface area contributed by atoms with Crippen LogP contribution >= 0.6 is 0 Å². The third kappa shape index (κ3) is 2.79. The lowest BCUT2D eigenvalue weighted by atomic mass is 9.90. The van der Waals surface area contributed by atoms with Crippen LogP contribution in [0.3, 0.4) is 0 Å². The van der Waals surface area contributed by atoms with Crippen molar-refractivity contribution in [2.75, 3.05) is 13.6 Å². The number of nitrogens with zero attached hydrogens (tertiary/aromatic N) is 2. The number of allylic oxidation sites excluding steroid dienone is 2. The predicted molar refractivity (Wildman–Crippen MR) is 71.2 cm³/mol. The summed E-state index contributed by atoms with van der Waals surface area (Å²) in [6.45, 7) is 5.25. The summed E-state index contributed by atoms with van der Waals surface area (Å²) in [6.07, 6.45) is 6.74. The van der Waals surface area contributed by atoms with Crippen LogP contribution in [-0.2, 0) is 0 Å². The van der Waals surface area contributed by atoms with Gasteiger partial charge in [0.1, 0.15) is 5.84 Å². The van der Waals surface area contributed by atoms with Gasteiger partial charge in [-0.2, -0.15) is 0 Å². The molecule has 0 unspecified atom stereocenters. The van der Waals surface area contributed by atoms with Crippen molar-refractivity contribution >= 4 is 11.5 Å². The smallest absolute Gasteiger partial charge is 0.120 e. The lowest BCUT2D eigenvalue weighted by Gasteiger charge is -2.28. The second-order valence-corrected chi connectivity index (χ2v) is 4.64. The van der Waals surface area contributed by atoms with Gasteiger partial charge in [0.15, 0.2) is 0 Å². The maximum Gasteiger partial charge on any atom is 0.120 e. The van der Waals surface area contributed by atoms with Gasteiger partial charge in [-0.15, -0.1) is 0 Å². The molecule has 3 nitrogen and oxygen atoms in total. The zero-order chi connectivity index (χ0) is 11.5. The second-order valence-electron chi connectivity index (χ2n) is 4.64. The molecular weight excluding hydrogens is 198 g/mol. The highest BCUT2D eigenvalue weighted by Gasteiger charge is 2.27. The molecule has 1 radical (unpaired) electrons. The van der Waals surface area contributed by atoms with E-state index in [1.807, 2.05) is 6.92 Å². The summed E-state index contributed by atoms with van der Waals surface area (Å²) in [6, 6.07) is 0.649. The van der Waals surface area contributed by atoms with Crippen molar-refractivity contribution in [1.82, 2.24) is 5.32 Å². The Morgan fingerprint density at radius 1 is 1.50 bits per heavy atom. The Hall–Kier alpha value is -0.960. The zero-order valence-electron chi connectivity index (χ0n) is 10.3. The molecule has 3 heteroatoms. The molecule has 2 atom stereocenters. The van der Waals surface area contributed by atoms with E-state index in [2.05, 4.69) is 34.7 Å². The maximum atomic E-state index is 4.63. The largest absolute Gasteiger partial charge is 0.314 e. The van der Waals surface area contributed by atoms with Gasteiger partial charge in [-0.25, -0.2) is 4.99 Å². The molecule has 1 saturated heterocycles. The minimum absolute atomic E-state index is 0. The number of piperidine rings is 1. The molecule has 1 N–H and O–H groups in total. The first-order valence-electron chi connectivity index (χ1n) is 6.01. The Balaban J connectivity index is 0.00000144. The summed E-state index contributed by atoms with van der Waals surface area (Å²) in [5.41, 5.74) is 2.53. The van der Waals surface area contributed by atoms with E-state index in [0.29, 0.717) is 12.0 Å². The normalized spacial score (nSPS) is 31.3. The van der Waals surface area contributed by atoms with Gasteiger partial charge in [0.25, 0.3) is 0 Å². The molecule has 1 heterocycles. The molecule has 0 saturated carbocycles. The third-order valence-corrected chi connectivity index (χ3v) is 3.28. The summed E-state index contributed by atoms with van der Waals surface area (Å²) < 4.78 is 0. The predicted octanol–water partition coefficient (Wildman–Crippen LogP) is 2.25. The van der Waals surface area contributed by atoms with Crippen molar-refractivity contribution in [3.63, 3.8) is 0 Å². The molecule has 0 spiro atoms. The number of amidine groups is 1. The van der Waals surface area contributed by atoms with Gasteiger partial charge in [0, 0.05) is 33.4 Å². The van der Waals surface area contributed by atoms with Gasteiger partial charge in [-0.1, -0.05) is 6.08 Å². The number of rotatable bonds is 2. The number of hydrogen-bond acceptors (Lipinski definition) is 2. The first kappa shape index (κ1) is 11.5. The van der Waals surface area contributed by atoms with Crippen LogP contribution in [0.2, 0.25) is 0 Å². The number of aliphatic imine (C=N–C) groups is 2. The molecule has 16 heavy (non-hydrogen) atoms. The van der Waals surface area contributed by atoms with E-state index in [9.17, 15) is 0 Å². The van der Waals surface area contributed by atoms with Crippen molar-refractivity contribution in [2.45, 2.75) is 32.7 Å². The van der Waals surface area contributed by atoms with Crippen LogP contribution in [0.5, 0.6) is 0 Å². The van der Waals surface area contributed by atoms with E-state index in [4.69, 9.17) is 0 Å². The van der Waals surface area contributed by atoms with Crippen LogP contribution in [0, 0.1) is 12.3 Å². The second kappa shape index (κ2) is 4.91. The van der Waals surface area contributed by atoms with E-state index < -0.39 is 0 Å². The summed E-state index contributed by atoms with van der Waals surface area (Å²) in [5.74, 6) is 1.42. The van der Waals surface area contributed by atoms with Gasteiger partial charge < -0.3 is 5.32 Å². The first-order chi connectivity index (χ1) is 7.70. The van der Waals surface area contributed by atoms with Crippen molar-refractivity contribution in [2.24, 2.45) is 15.9 Å². The standard InChI is InChI=1S/C13H20N3.H2/c1-9-4-5-12(8-15-9)13(11-6-7-11)16-10(2)14-3;/h6-7,9,12,15H,4-5,8H2,1-3H3;1H/t9-,12+;/m0./s1. The van der Waals surface area contributed by atoms with Crippen molar-refractivity contribution in [1.29, 1.82) is 0 Å². The molecule has 1 fully saturated rings. The summed E-state index contributed by atoms with van der Waals surface area (Å²) in [4.78, 5) is 8.75. The van der Waals surface area contributed by atoms with Gasteiger partial charge in [0.05, 0.1) is 5.71 Å². The Bertz CT molecular complexity index is 350. The van der Waals surface area contributed by atoms with E-state index in [1.54, 1.807) is 7.05 Å². The molecule has 0 aromatic rings. The third-order valence-electron chi connectivity index (χ3n) is 3.28. The quantitative estimate of drug-likeness (QED) is 0.562. The molecule has 1 aliphatic carbocycles. The number of nitrogens with one attached hydrogen (secondary N) is 1. The van der Waals surface area contributed by atoms with Crippen LogP contribution in [0.15, 0.2) is 21.6 Å². The van der Waals surface area contributed by atoms with Crippen LogP contribution < -0.4 is 5.32 Å². The molecule has 1 aliphatic heterocycles. The average Bonchev–Trinajstić information content (AvgIpc) is 3.11. The van der Waals surface area contributed by atoms with Crippen LogP contribution in [0.4, 0.5) is 0 Å². The van der Waals surface area contributed by atoms with Crippen molar-refractivity contribution < 1.29 is 1.43 Å². The monoisotopic (exact) mass is 220 g/mol. The molecule has 2 aliphatic rings. The maximum absolute atomic E-state index is 4.63. The lowest BCUT2D eigenvalue weighted by Crippen LogP contribution is -2.40. The minimum Gasteiger partial charge on any atom is -0.314 e. The Morgan fingerprint density at radius 2 is 2.25 bits per heavy atom. The Labute approximate surface area is 99.2 Å². The summed E-state index contributed by atoms with van der Waals surface area (Å²) in [7, 11) is 1.79. The van der Waals surface area contributed by atoms with E-state index >= 15 is 0 Å². The van der Waals surface area contributed by atoms with E-state index in [0.717, 1.165) is 12.4 Å². The lowest BCUT2D eigenvalue weighted by molar-refractivity contribution is 0.382. The fourth-order valence-corrected chi connectivity index (χ4v) is 2.06. The number of hydrogen-bond donors (Lipinski definition) is 1. The Kier molecular flexibility index (Phi) is 3.54. The van der Waals surface area contributed by atoms with Crippen molar-refractivity contribution in [3.8, 4) is 0 Å². The van der Waals surface area contributed by atoms with Gasteiger partial charge >= 0.3 is 0 Å². The fourth-order valence-electron chi connectivity index (χ4n) is 2.06. The van der Waals surface area contributed by atoms with E-state index in [-0.39, 0.29) is 1.43 Å². The van der Waals surface area contributed by atoms with Gasteiger partial charge in [0.2, 0.25) is 0 Å². The van der Waals surface area contributed by atoms with Crippen molar-refractivity contribution in [3.05, 3.63) is 18.1 Å². The van der Waals surface area contributed by atoms with Gasteiger partial charge in [-0.05, 0) is 32.3 Å². The zero-order valence-corrected chi connectivity index (χ0v) is 10.3. The van der Waals surface area contributed by atoms with Crippen LogP contribution in [-0.4, -0.2) is 31.2 Å². The molecule has 2 rings (SSSR count). The topological polar surface area (TPSA) is 36.8 Å². The van der Waals surface area contributed by atoms with E-state index in [1.165, 1.54) is 24.1 Å². The molecular formula is C13H22N3. The summed E-state index contributed by atoms with van der Waals surface area (Å²) in [5, 5.41) is 3.52. The fraction of sp³-hybridized carbons (Fsp3) is 0.615. The Morgan fingerprint density at radius 3 is 2.75 bits per heavy atom. The van der Waals surface area contributed by atoms with Crippen LogP contribution in [0.1, 0.15) is 28.1 Å². The highest BCUT2D eigenvalue weighted by atomic mass is 14.9. The SMILES string of the molecule is CN=C(C)N=C(C1=C[CH]1)[C@@H]1CC[C@H](C)NC1.[HH]. The average molecular weight is 220 g/mol. The molecule has 89 valence electrons.